The maximum Gasteiger partial charge on any atom is 0.228 e. The molecule has 2 atom stereocenters. The highest BCUT2D eigenvalue weighted by Gasteiger charge is 2.56. The van der Waals surface area contributed by atoms with Crippen LogP contribution in [0, 0.1) is 23.6 Å². The molecule has 0 aliphatic heterocycles. The predicted molar refractivity (Wildman–Crippen MR) is 75.2 cm³/mol. The number of anilines is 1. The van der Waals surface area contributed by atoms with Crippen LogP contribution in [-0.4, -0.2) is 10.9 Å². The van der Waals surface area contributed by atoms with Gasteiger partial charge in [0.1, 0.15) is 10.8 Å². The van der Waals surface area contributed by atoms with Crippen LogP contribution in [0.5, 0.6) is 0 Å². The number of hydrogen-bond acceptors (Lipinski definition) is 2. The molecule has 2 unspecified atom stereocenters. The van der Waals surface area contributed by atoms with Gasteiger partial charge in [-0.15, -0.1) is 0 Å². The number of rotatable bonds is 3. The Morgan fingerprint density at radius 2 is 2.05 bits per heavy atom. The Kier molecular flexibility index (Phi) is 3.01. The van der Waals surface area contributed by atoms with Crippen molar-refractivity contribution in [3.05, 3.63) is 29.6 Å². The predicted octanol–water partition coefficient (Wildman–Crippen LogP) is 2.44. The summed E-state index contributed by atoms with van der Waals surface area (Å²) in [6.45, 7) is 0. The van der Waals surface area contributed by atoms with E-state index in [0.29, 0.717) is 17.5 Å². The first-order valence-electron chi connectivity index (χ1n) is 6.49. The van der Waals surface area contributed by atoms with Crippen molar-refractivity contribution in [1.29, 1.82) is 0 Å². The normalized spacial score (nSPS) is 27.7. The van der Waals surface area contributed by atoms with Crippen molar-refractivity contribution >= 4 is 28.8 Å². The van der Waals surface area contributed by atoms with Crippen LogP contribution in [0.15, 0.2) is 18.2 Å². The number of benzene rings is 1. The Bertz CT molecular complexity index is 550. The highest BCUT2D eigenvalue weighted by atomic mass is 32.1. The molecule has 0 spiro atoms. The highest BCUT2D eigenvalue weighted by Crippen LogP contribution is 2.57. The minimum absolute atomic E-state index is 0.0298. The molecule has 0 saturated heterocycles. The molecule has 1 amide bonds. The molecule has 3 rings (SSSR count). The van der Waals surface area contributed by atoms with Crippen molar-refractivity contribution in [1.82, 2.24) is 0 Å². The van der Waals surface area contributed by atoms with E-state index in [4.69, 9.17) is 18.0 Å². The molecule has 19 heavy (non-hydrogen) atoms. The molecule has 1 aromatic carbocycles. The fraction of sp³-hybridized carbons (Fsp3) is 0.429. The Morgan fingerprint density at radius 3 is 2.68 bits per heavy atom. The molecule has 1 aromatic rings. The van der Waals surface area contributed by atoms with Crippen LogP contribution in [0.25, 0.3) is 0 Å². The molecule has 3 N–H and O–H groups in total. The molecule has 100 valence electrons. The Balaban J connectivity index is 1.78. The number of amides is 1. The van der Waals surface area contributed by atoms with E-state index in [-0.39, 0.29) is 22.4 Å². The van der Waals surface area contributed by atoms with Crippen LogP contribution < -0.4 is 11.1 Å². The third kappa shape index (κ3) is 2.12. The molecule has 2 aliphatic rings. The Hall–Kier alpha value is -1.49. The SMILES string of the molecule is NC(=S)c1c(F)cccc1NC(=O)C1C2CCCC21. The summed E-state index contributed by atoms with van der Waals surface area (Å²) in [4.78, 5) is 12.1. The second-order valence-electron chi connectivity index (χ2n) is 5.30. The van der Waals surface area contributed by atoms with Crippen LogP contribution in [0.2, 0.25) is 0 Å². The van der Waals surface area contributed by atoms with Crippen LogP contribution in [0.3, 0.4) is 0 Å². The summed E-state index contributed by atoms with van der Waals surface area (Å²) >= 11 is 4.84. The molecule has 3 nitrogen and oxygen atoms in total. The van der Waals surface area contributed by atoms with Gasteiger partial charge >= 0.3 is 0 Å². The average Bonchev–Trinajstić information content (AvgIpc) is 2.83. The number of nitrogens with two attached hydrogens (primary N) is 1. The van der Waals surface area contributed by atoms with Gasteiger partial charge in [0.25, 0.3) is 0 Å². The standard InChI is InChI=1S/C14H15FN2OS/c15-9-5-2-6-10(12(9)13(16)19)17-14(18)11-7-3-1-4-8(7)11/h2,5-8,11H,1,3-4H2,(H2,16,19)(H,17,18). The number of halogens is 1. The lowest BCUT2D eigenvalue weighted by atomic mass is 10.1. The molecule has 0 bridgehead atoms. The van der Waals surface area contributed by atoms with Gasteiger partial charge in [-0.1, -0.05) is 24.7 Å². The maximum absolute atomic E-state index is 13.7. The van der Waals surface area contributed by atoms with Crippen molar-refractivity contribution in [3.63, 3.8) is 0 Å². The summed E-state index contributed by atoms with van der Waals surface area (Å²) in [7, 11) is 0. The van der Waals surface area contributed by atoms with Crippen molar-refractivity contribution in [2.75, 3.05) is 5.32 Å². The minimum atomic E-state index is -0.499. The summed E-state index contributed by atoms with van der Waals surface area (Å²) < 4.78 is 13.7. The summed E-state index contributed by atoms with van der Waals surface area (Å²) in [5, 5.41) is 2.78. The third-order valence-electron chi connectivity index (χ3n) is 4.23. The zero-order valence-corrected chi connectivity index (χ0v) is 11.2. The maximum atomic E-state index is 13.7. The first kappa shape index (κ1) is 12.5. The number of carbonyl (C=O) groups excluding carboxylic acids is 1. The van der Waals surface area contributed by atoms with E-state index in [1.165, 1.54) is 12.5 Å². The van der Waals surface area contributed by atoms with Gasteiger partial charge in [-0.3, -0.25) is 4.79 Å². The first-order valence-corrected chi connectivity index (χ1v) is 6.89. The molecule has 2 fully saturated rings. The Morgan fingerprint density at radius 1 is 1.37 bits per heavy atom. The van der Waals surface area contributed by atoms with Crippen molar-refractivity contribution in [2.24, 2.45) is 23.5 Å². The third-order valence-corrected chi connectivity index (χ3v) is 4.43. The number of carbonyl (C=O) groups is 1. The van der Waals surface area contributed by atoms with E-state index in [1.807, 2.05) is 0 Å². The lowest BCUT2D eigenvalue weighted by molar-refractivity contribution is -0.118. The second-order valence-corrected chi connectivity index (χ2v) is 5.74. The van der Waals surface area contributed by atoms with Gasteiger partial charge in [0.15, 0.2) is 0 Å². The zero-order chi connectivity index (χ0) is 13.6. The second kappa shape index (κ2) is 4.56. The molecular formula is C14H15FN2OS. The van der Waals surface area contributed by atoms with E-state index in [1.54, 1.807) is 12.1 Å². The van der Waals surface area contributed by atoms with Crippen molar-refractivity contribution in [2.45, 2.75) is 19.3 Å². The first-order chi connectivity index (χ1) is 9.09. The Labute approximate surface area is 116 Å². The van der Waals surface area contributed by atoms with Gasteiger partial charge in [-0.2, -0.15) is 0 Å². The van der Waals surface area contributed by atoms with Gasteiger partial charge in [-0.05, 0) is 36.8 Å². The van der Waals surface area contributed by atoms with E-state index < -0.39 is 5.82 Å². The molecule has 2 aliphatic carbocycles. The number of thiocarbonyl (C=S) groups is 1. The smallest absolute Gasteiger partial charge is 0.228 e. The van der Waals surface area contributed by atoms with Crippen LogP contribution in [0.4, 0.5) is 10.1 Å². The molecular weight excluding hydrogens is 263 g/mol. The topological polar surface area (TPSA) is 55.1 Å². The number of hydrogen-bond donors (Lipinski definition) is 2. The average molecular weight is 278 g/mol. The lowest BCUT2D eigenvalue weighted by Crippen LogP contribution is -2.21. The van der Waals surface area contributed by atoms with Crippen LogP contribution in [-0.2, 0) is 4.79 Å². The minimum Gasteiger partial charge on any atom is -0.389 e. The van der Waals surface area contributed by atoms with Gasteiger partial charge in [0.2, 0.25) is 5.91 Å². The number of fused-ring (bicyclic) bond motifs is 1. The summed E-state index contributed by atoms with van der Waals surface area (Å²) in [5.74, 6) is 0.624. The summed E-state index contributed by atoms with van der Waals surface area (Å²) in [6.07, 6.45) is 3.49. The zero-order valence-electron chi connectivity index (χ0n) is 10.4. The fourth-order valence-corrected chi connectivity index (χ4v) is 3.51. The van der Waals surface area contributed by atoms with E-state index >= 15 is 0 Å². The van der Waals surface area contributed by atoms with Gasteiger partial charge < -0.3 is 11.1 Å². The fourth-order valence-electron chi connectivity index (χ4n) is 3.31. The van der Waals surface area contributed by atoms with E-state index in [2.05, 4.69) is 5.32 Å². The molecule has 5 heteroatoms. The van der Waals surface area contributed by atoms with Gasteiger partial charge in [0.05, 0.1) is 11.3 Å². The lowest BCUT2D eigenvalue weighted by Gasteiger charge is -2.11. The molecule has 0 heterocycles. The van der Waals surface area contributed by atoms with Crippen LogP contribution >= 0.6 is 12.2 Å². The summed E-state index contributed by atoms with van der Waals surface area (Å²) in [5.41, 5.74) is 6.01. The van der Waals surface area contributed by atoms with Crippen molar-refractivity contribution in [3.8, 4) is 0 Å². The van der Waals surface area contributed by atoms with Gasteiger partial charge in [0, 0.05) is 5.92 Å². The van der Waals surface area contributed by atoms with E-state index in [9.17, 15) is 9.18 Å². The molecule has 0 radical (unpaired) electrons. The summed E-state index contributed by atoms with van der Waals surface area (Å²) in [6, 6.07) is 4.46. The highest BCUT2D eigenvalue weighted by molar-refractivity contribution is 7.80. The van der Waals surface area contributed by atoms with Crippen molar-refractivity contribution < 1.29 is 9.18 Å². The molecule has 2 saturated carbocycles. The van der Waals surface area contributed by atoms with Crippen LogP contribution in [0.1, 0.15) is 24.8 Å². The molecule has 0 aromatic heterocycles. The number of nitrogens with one attached hydrogen (secondary N) is 1. The van der Waals surface area contributed by atoms with Gasteiger partial charge in [-0.25, -0.2) is 4.39 Å². The van der Waals surface area contributed by atoms with E-state index in [0.717, 1.165) is 12.8 Å². The largest absolute Gasteiger partial charge is 0.389 e. The monoisotopic (exact) mass is 278 g/mol. The quantitative estimate of drug-likeness (QED) is 0.835.